The van der Waals surface area contributed by atoms with Crippen LogP contribution < -0.4 is 20.3 Å². The van der Waals surface area contributed by atoms with Crippen LogP contribution in [0, 0.1) is 0 Å². The molecule has 2 aromatic rings. The molecule has 2 heterocycles. The van der Waals surface area contributed by atoms with Crippen molar-refractivity contribution in [1.82, 2.24) is 10.2 Å². The fourth-order valence-corrected chi connectivity index (χ4v) is 4.44. The first kappa shape index (κ1) is 24.3. The number of morpholine rings is 2. The van der Waals surface area contributed by atoms with E-state index >= 15 is 0 Å². The molecule has 8 nitrogen and oxygen atoms in total. The number of benzene rings is 2. The van der Waals surface area contributed by atoms with Crippen LogP contribution in [0.3, 0.4) is 0 Å². The second-order valence-corrected chi connectivity index (χ2v) is 8.94. The lowest BCUT2D eigenvalue weighted by Gasteiger charge is -2.37. The molecule has 0 bridgehead atoms. The zero-order valence-corrected chi connectivity index (χ0v) is 20.2. The van der Waals surface area contributed by atoms with E-state index in [1.807, 2.05) is 48.5 Å². The summed E-state index contributed by atoms with van der Waals surface area (Å²) < 4.78 is 17.2. The SMILES string of the molecule is CC1CN(c2ccccc2NC(=O)NCc2cccc(OCCN3CCOCC3)c2)CC(C)O1. The molecule has 2 unspecified atom stereocenters. The molecular formula is C26H36N4O4. The van der Waals surface area contributed by atoms with Crippen molar-refractivity contribution < 1.29 is 19.0 Å². The molecular weight excluding hydrogens is 432 g/mol. The summed E-state index contributed by atoms with van der Waals surface area (Å²) in [5.41, 5.74) is 2.79. The number of ether oxygens (including phenoxy) is 3. The highest BCUT2D eigenvalue weighted by atomic mass is 16.5. The Labute approximate surface area is 202 Å². The van der Waals surface area contributed by atoms with Crippen LogP contribution in [0.25, 0.3) is 0 Å². The van der Waals surface area contributed by atoms with Gasteiger partial charge in [0.05, 0.1) is 36.8 Å². The van der Waals surface area contributed by atoms with Crippen molar-refractivity contribution >= 4 is 17.4 Å². The maximum absolute atomic E-state index is 12.7. The van der Waals surface area contributed by atoms with Crippen LogP contribution >= 0.6 is 0 Å². The van der Waals surface area contributed by atoms with Gasteiger partial charge >= 0.3 is 6.03 Å². The van der Waals surface area contributed by atoms with Gasteiger partial charge in [-0.05, 0) is 43.7 Å². The monoisotopic (exact) mass is 468 g/mol. The van der Waals surface area contributed by atoms with Gasteiger partial charge in [-0.15, -0.1) is 0 Å². The van der Waals surface area contributed by atoms with Gasteiger partial charge < -0.3 is 29.7 Å². The summed E-state index contributed by atoms with van der Waals surface area (Å²) in [4.78, 5) is 17.3. The lowest BCUT2D eigenvalue weighted by molar-refractivity contribution is -0.00517. The molecule has 2 aliphatic heterocycles. The highest BCUT2D eigenvalue weighted by Crippen LogP contribution is 2.28. The minimum absolute atomic E-state index is 0.147. The van der Waals surface area contributed by atoms with Gasteiger partial charge in [0.15, 0.2) is 0 Å². The Hall–Kier alpha value is -2.81. The van der Waals surface area contributed by atoms with Crippen LogP contribution in [0.1, 0.15) is 19.4 Å². The third kappa shape index (κ3) is 7.09. The third-order valence-corrected chi connectivity index (χ3v) is 6.04. The number of nitrogens with one attached hydrogen (secondary N) is 2. The van der Waals surface area contributed by atoms with E-state index in [-0.39, 0.29) is 18.2 Å². The zero-order valence-electron chi connectivity index (χ0n) is 20.2. The van der Waals surface area contributed by atoms with Crippen LogP contribution in [-0.2, 0) is 16.0 Å². The summed E-state index contributed by atoms with van der Waals surface area (Å²) in [5, 5.41) is 5.97. The first-order valence-electron chi connectivity index (χ1n) is 12.1. The first-order chi connectivity index (χ1) is 16.6. The van der Waals surface area contributed by atoms with E-state index in [2.05, 4.69) is 34.3 Å². The number of carbonyl (C=O) groups is 1. The second kappa shape index (κ2) is 12.1. The Morgan fingerprint density at radius 1 is 1.06 bits per heavy atom. The highest BCUT2D eigenvalue weighted by molar-refractivity contribution is 5.93. The van der Waals surface area contributed by atoms with E-state index in [1.54, 1.807) is 0 Å². The van der Waals surface area contributed by atoms with Crippen LogP contribution in [0.5, 0.6) is 5.75 Å². The number of hydrogen-bond donors (Lipinski definition) is 2. The average Bonchev–Trinajstić information content (AvgIpc) is 2.83. The van der Waals surface area contributed by atoms with Gasteiger partial charge in [-0.1, -0.05) is 24.3 Å². The van der Waals surface area contributed by atoms with Crippen LogP contribution in [0.2, 0.25) is 0 Å². The van der Waals surface area contributed by atoms with Crippen molar-refractivity contribution in [2.24, 2.45) is 0 Å². The molecule has 2 amide bonds. The van der Waals surface area contributed by atoms with Gasteiger partial charge in [0.25, 0.3) is 0 Å². The van der Waals surface area contributed by atoms with Crippen molar-refractivity contribution in [2.75, 3.05) is 62.8 Å². The first-order valence-corrected chi connectivity index (χ1v) is 12.1. The number of para-hydroxylation sites is 2. The van der Waals surface area contributed by atoms with Crippen molar-refractivity contribution in [2.45, 2.75) is 32.6 Å². The van der Waals surface area contributed by atoms with E-state index in [0.717, 1.165) is 68.6 Å². The topological polar surface area (TPSA) is 75.3 Å². The summed E-state index contributed by atoms with van der Waals surface area (Å²) in [6.45, 7) is 11.2. The van der Waals surface area contributed by atoms with Crippen molar-refractivity contribution in [3.63, 3.8) is 0 Å². The summed E-state index contributed by atoms with van der Waals surface area (Å²) in [7, 11) is 0. The molecule has 8 heteroatoms. The van der Waals surface area contributed by atoms with Crippen molar-refractivity contribution in [3.8, 4) is 5.75 Å². The van der Waals surface area contributed by atoms with E-state index in [4.69, 9.17) is 14.2 Å². The lowest BCUT2D eigenvalue weighted by Crippen LogP contribution is -2.45. The Morgan fingerprint density at radius 3 is 2.62 bits per heavy atom. The Bertz CT molecular complexity index is 925. The minimum atomic E-state index is -0.236. The normalized spacial score (nSPS) is 21.2. The summed E-state index contributed by atoms with van der Waals surface area (Å²) >= 11 is 0. The van der Waals surface area contributed by atoms with E-state index in [1.165, 1.54) is 0 Å². The second-order valence-electron chi connectivity index (χ2n) is 8.94. The molecule has 2 aromatic carbocycles. The van der Waals surface area contributed by atoms with Gasteiger partial charge in [0.1, 0.15) is 12.4 Å². The van der Waals surface area contributed by atoms with Gasteiger partial charge in [0, 0.05) is 39.3 Å². The number of rotatable bonds is 8. The molecule has 0 aromatic heterocycles. The van der Waals surface area contributed by atoms with Crippen LogP contribution in [-0.4, -0.2) is 75.7 Å². The molecule has 4 rings (SSSR count). The molecule has 2 aliphatic rings. The fourth-order valence-electron chi connectivity index (χ4n) is 4.44. The van der Waals surface area contributed by atoms with E-state index < -0.39 is 0 Å². The molecule has 184 valence electrons. The quantitative estimate of drug-likeness (QED) is 0.619. The number of carbonyl (C=O) groups excluding carboxylic acids is 1. The van der Waals surface area contributed by atoms with Gasteiger partial charge in [-0.2, -0.15) is 0 Å². The Kier molecular flexibility index (Phi) is 8.62. The highest BCUT2D eigenvalue weighted by Gasteiger charge is 2.24. The zero-order chi connectivity index (χ0) is 23.8. The average molecular weight is 469 g/mol. The Balaban J connectivity index is 1.27. The molecule has 2 fully saturated rings. The third-order valence-electron chi connectivity index (χ3n) is 6.04. The van der Waals surface area contributed by atoms with Crippen molar-refractivity contribution in [1.29, 1.82) is 0 Å². The number of nitrogens with zero attached hydrogens (tertiary/aromatic N) is 2. The van der Waals surface area contributed by atoms with E-state index in [9.17, 15) is 4.79 Å². The van der Waals surface area contributed by atoms with Gasteiger partial charge in [-0.25, -0.2) is 4.79 Å². The standard InChI is InChI=1S/C26H36N4O4/c1-20-18-30(19-21(2)34-20)25-9-4-3-8-24(25)28-26(31)27-17-22-6-5-7-23(16-22)33-15-12-29-10-13-32-14-11-29/h3-9,16,20-21H,10-15,17-19H2,1-2H3,(H2,27,28,31). The largest absolute Gasteiger partial charge is 0.492 e. The number of amides is 2. The van der Waals surface area contributed by atoms with E-state index in [0.29, 0.717) is 13.2 Å². The van der Waals surface area contributed by atoms with Crippen LogP contribution in [0.4, 0.5) is 16.2 Å². The minimum Gasteiger partial charge on any atom is -0.492 e. The molecule has 0 spiro atoms. The number of urea groups is 1. The predicted molar refractivity (Wildman–Crippen MR) is 134 cm³/mol. The maximum Gasteiger partial charge on any atom is 0.319 e. The molecule has 0 radical (unpaired) electrons. The Morgan fingerprint density at radius 2 is 1.82 bits per heavy atom. The number of hydrogen-bond acceptors (Lipinski definition) is 6. The molecule has 0 aliphatic carbocycles. The summed E-state index contributed by atoms with van der Waals surface area (Å²) in [6, 6.07) is 15.5. The smallest absolute Gasteiger partial charge is 0.319 e. The van der Waals surface area contributed by atoms with Gasteiger partial charge in [0.2, 0.25) is 0 Å². The van der Waals surface area contributed by atoms with Crippen LogP contribution in [0.15, 0.2) is 48.5 Å². The van der Waals surface area contributed by atoms with Crippen molar-refractivity contribution in [3.05, 3.63) is 54.1 Å². The summed E-state index contributed by atoms with van der Waals surface area (Å²) in [6.07, 6.45) is 0.294. The molecule has 2 N–H and O–H groups in total. The molecule has 2 saturated heterocycles. The molecule has 34 heavy (non-hydrogen) atoms. The number of anilines is 2. The predicted octanol–water partition coefficient (Wildman–Crippen LogP) is 3.33. The lowest BCUT2D eigenvalue weighted by atomic mass is 10.1. The fraction of sp³-hybridized carbons (Fsp3) is 0.500. The molecule has 0 saturated carbocycles. The molecule has 2 atom stereocenters. The van der Waals surface area contributed by atoms with Gasteiger partial charge in [-0.3, -0.25) is 4.90 Å². The summed E-state index contributed by atoms with van der Waals surface area (Å²) in [5.74, 6) is 0.814. The maximum atomic E-state index is 12.7.